The molecule has 182 valence electrons. The van der Waals surface area contributed by atoms with Crippen LogP contribution in [0.3, 0.4) is 0 Å². The summed E-state index contributed by atoms with van der Waals surface area (Å²) in [6.45, 7) is 3.90. The second kappa shape index (κ2) is 11.7. The van der Waals surface area contributed by atoms with E-state index in [1.807, 2.05) is 67.5 Å². The molecule has 1 aliphatic heterocycles. The number of aliphatic imine (C=N–C) groups is 1. The van der Waals surface area contributed by atoms with Gasteiger partial charge in [0.15, 0.2) is 11.6 Å². The van der Waals surface area contributed by atoms with E-state index in [2.05, 4.69) is 20.4 Å². The van der Waals surface area contributed by atoms with Crippen LogP contribution in [0.25, 0.3) is 11.4 Å². The Bertz CT molecular complexity index is 1220. The number of nitrogens with one attached hydrogen (secondary N) is 1. The van der Waals surface area contributed by atoms with Crippen LogP contribution in [-0.4, -0.2) is 58.0 Å². The number of hydrogen-bond donors (Lipinski definition) is 1. The minimum Gasteiger partial charge on any atom is -0.383 e. The van der Waals surface area contributed by atoms with Crippen molar-refractivity contribution >= 4 is 17.3 Å². The molecule has 0 saturated carbocycles. The van der Waals surface area contributed by atoms with Crippen LogP contribution in [0.2, 0.25) is 0 Å². The Balaban J connectivity index is 1.53. The molecule has 1 aliphatic rings. The van der Waals surface area contributed by atoms with E-state index in [4.69, 9.17) is 9.73 Å². The van der Waals surface area contributed by atoms with Gasteiger partial charge in [-0.25, -0.2) is 9.97 Å². The number of methoxy groups -OCH3 is 1. The molecule has 2 atom stereocenters. The zero-order valence-electron chi connectivity index (χ0n) is 20.5. The quantitative estimate of drug-likeness (QED) is 0.494. The van der Waals surface area contributed by atoms with Crippen LogP contribution in [-0.2, 0) is 16.6 Å². The van der Waals surface area contributed by atoms with Crippen LogP contribution in [0.15, 0.2) is 66.1 Å². The number of aryl methyl sites for hydroxylation is 1. The molecule has 3 aromatic rings. The van der Waals surface area contributed by atoms with Gasteiger partial charge in [0.1, 0.15) is 5.82 Å². The number of nitrogens with zero attached hydrogens (tertiary/aromatic N) is 5. The SMILES string of the molecule is COCCNc1ccnc(-c2cccc(C(C)C3=NCCC(c4cnn(C)c4)C/C=C\C3=O)c2)n1. The number of anilines is 1. The van der Waals surface area contributed by atoms with E-state index in [1.54, 1.807) is 19.4 Å². The minimum atomic E-state index is -0.148. The summed E-state index contributed by atoms with van der Waals surface area (Å²) in [6, 6.07) is 9.87. The second-order valence-electron chi connectivity index (χ2n) is 8.73. The van der Waals surface area contributed by atoms with Crippen molar-refractivity contribution in [2.45, 2.75) is 31.6 Å². The zero-order valence-corrected chi connectivity index (χ0v) is 20.5. The van der Waals surface area contributed by atoms with E-state index in [0.29, 0.717) is 37.2 Å². The van der Waals surface area contributed by atoms with Crippen molar-refractivity contribution in [1.82, 2.24) is 19.7 Å². The van der Waals surface area contributed by atoms with Gasteiger partial charge in [0.25, 0.3) is 0 Å². The maximum absolute atomic E-state index is 13.0. The maximum atomic E-state index is 13.0. The van der Waals surface area contributed by atoms with Crippen LogP contribution < -0.4 is 5.32 Å². The topological polar surface area (TPSA) is 94.3 Å². The Morgan fingerprint density at radius 3 is 2.97 bits per heavy atom. The second-order valence-corrected chi connectivity index (χ2v) is 8.73. The fraction of sp³-hybridized carbons (Fsp3) is 0.370. The number of carbonyl (C=O) groups is 1. The number of carbonyl (C=O) groups excluding carboxylic acids is 1. The van der Waals surface area contributed by atoms with Crippen molar-refractivity contribution in [1.29, 1.82) is 0 Å². The Labute approximate surface area is 206 Å². The van der Waals surface area contributed by atoms with Gasteiger partial charge < -0.3 is 10.1 Å². The first-order valence-electron chi connectivity index (χ1n) is 11.9. The number of benzene rings is 1. The summed E-state index contributed by atoms with van der Waals surface area (Å²) in [5, 5.41) is 7.53. The predicted molar refractivity (Wildman–Crippen MR) is 138 cm³/mol. The molecule has 0 bridgehead atoms. The van der Waals surface area contributed by atoms with Crippen LogP contribution in [0.1, 0.15) is 42.7 Å². The van der Waals surface area contributed by atoms with Gasteiger partial charge in [0, 0.05) is 51.1 Å². The molecule has 8 nitrogen and oxygen atoms in total. The van der Waals surface area contributed by atoms with Gasteiger partial charge in [0.05, 0.1) is 18.5 Å². The van der Waals surface area contributed by atoms with Crippen molar-refractivity contribution in [2.75, 3.05) is 32.1 Å². The van der Waals surface area contributed by atoms with Gasteiger partial charge >= 0.3 is 0 Å². The molecule has 0 radical (unpaired) electrons. The van der Waals surface area contributed by atoms with Gasteiger partial charge in [0.2, 0.25) is 0 Å². The zero-order chi connectivity index (χ0) is 24.6. The molecule has 4 rings (SSSR count). The lowest BCUT2D eigenvalue weighted by Gasteiger charge is -2.15. The third kappa shape index (κ3) is 6.27. The third-order valence-electron chi connectivity index (χ3n) is 6.22. The molecule has 2 aromatic heterocycles. The number of allylic oxidation sites excluding steroid dienone is 2. The molecule has 0 saturated heterocycles. The first-order chi connectivity index (χ1) is 17.0. The predicted octanol–water partition coefficient (Wildman–Crippen LogP) is 4.18. The van der Waals surface area contributed by atoms with Crippen molar-refractivity contribution in [3.63, 3.8) is 0 Å². The van der Waals surface area contributed by atoms with E-state index in [0.717, 1.165) is 29.8 Å². The van der Waals surface area contributed by atoms with E-state index in [9.17, 15) is 4.79 Å². The molecule has 2 unspecified atom stereocenters. The van der Waals surface area contributed by atoms with Crippen molar-refractivity contribution in [2.24, 2.45) is 12.0 Å². The fourth-order valence-electron chi connectivity index (χ4n) is 4.25. The summed E-state index contributed by atoms with van der Waals surface area (Å²) in [5.41, 5.74) is 3.67. The molecular formula is C27H32N6O2. The average Bonchev–Trinajstić information content (AvgIpc) is 3.34. The highest BCUT2D eigenvalue weighted by Gasteiger charge is 2.21. The number of ketones is 1. The first kappa shape index (κ1) is 24.5. The largest absolute Gasteiger partial charge is 0.383 e. The van der Waals surface area contributed by atoms with Crippen molar-refractivity contribution in [3.8, 4) is 11.4 Å². The van der Waals surface area contributed by atoms with Gasteiger partial charge in [-0.3, -0.25) is 14.5 Å². The molecule has 0 spiro atoms. The molecule has 0 aliphatic carbocycles. The minimum absolute atomic E-state index is 0.0321. The molecule has 8 heteroatoms. The number of aromatic nitrogens is 4. The lowest BCUT2D eigenvalue weighted by molar-refractivity contribution is -0.109. The summed E-state index contributed by atoms with van der Waals surface area (Å²) in [4.78, 5) is 26.9. The molecule has 0 fully saturated rings. The lowest BCUT2D eigenvalue weighted by Crippen LogP contribution is -2.19. The van der Waals surface area contributed by atoms with Crippen LogP contribution >= 0.6 is 0 Å². The van der Waals surface area contributed by atoms with Crippen LogP contribution in [0.5, 0.6) is 0 Å². The molecule has 35 heavy (non-hydrogen) atoms. The number of hydrogen-bond acceptors (Lipinski definition) is 7. The van der Waals surface area contributed by atoms with E-state index in [-0.39, 0.29) is 11.7 Å². The number of ether oxygens (including phenoxy) is 1. The average molecular weight is 473 g/mol. The summed E-state index contributed by atoms with van der Waals surface area (Å²) in [7, 11) is 3.59. The van der Waals surface area contributed by atoms with Gasteiger partial charge in [-0.1, -0.05) is 31.2 Å². The molecule has 1 N–H and O–H groups in total. The number of rotatable bonds is 8. The van der Waals surface area contributed by atoms with Gasteiger partial charge in [-0.15, -0.1) is 0 Å². The van der Waals surface area contributed by atoms with Crippen molar-refractivity contribution < 1.29 is 9.53 Å². The Morgan fingerprint density at radius 1 is 1.29 bits per heavy atom. The highest BCUT2D eigenvalue weighted by atomic mass is 16.5. The summed E-state index contributed by atoms with van der Waals surface area (Å²) < 4.78 is 6.90. The van der Waals surface area contributed by atoms with Gasteiger partial charge in [-0.05, 0) is 48.1 Å². The summed E-state index contributed by atoms with van der Waals surface area (Å²) in [5.74, 6) is 1.50. The van der Waals surface area contributed by atoms with Crippen LogP contribution in [0.4, 0.5) is 5.82 Å². The monoisotopic (exact) mass is 472 g/mol. The van der Waals surface area contributed by atoms with Crippen molar-refractivity contribution in [3.05, 3.63) is 72.2 Å². The first-order valence-corrected chi connectivity index (χ1v) is 11.9. The summed E-state index contributed by atoms with van der Waals surface area (Å²) in [6.07, 6.45) is 11.0. The molecular weight excluding hydrogens is 440 g/mol. The Kier molecular flexibility index (Phi) is 8.15. The Hall–Kier alpha value is -3.65. The highest BCUT2D eigenvalue weighted by molar-refractivity contribution is 6.45. The molecule has 3 heterocycles. The molecule has 0 amide bonds. The van der Waals surface area contributed by atoms with Crippen LogP contribution in [0, 0.1) is 0 Å². The van der Waals surface area contributed by atoms with E-state index >= 15 is 0 Å². The maximum Gasteiger partial charge on any atom is 0.199 e. The summed E-state index contributed by atoms with van der Waals surface area (Å²) >= 11 is 0. The lowest BCUT2D eigenvalue weighted by atomic mass is 9.92. The Morgan fingerprint density at radius 2 is 2.17 bits per heavy atom. The normalized spacial score (nSPS) is 18.2. The van der Waals surface area contributed by atoms with Gasteiger partial charge in [-0.2, -0.15) is 5.10 Å². The van der Waals surface area contributed by atoms with E-state index in [1.165, 1.54) is 5.56 Å². The molecule has 1 aromatic carbocycles. The standard InChI is InChI=1S/C27H32N6O2/c1-19(26-24(34)9-5-6-20(10-12-29-26)23-17-31-33(2)18-23)21-7-4-8-22(16-21)27-30-13-11-25(32-27)28-14-15-35-3/h4-5,7-9,11,13,16-20H,6,10,12,14-15H2,1-3H3,(H,28,30,32)/b9-5-,29-26?. The van der Waals surface area contributed by atoms with E-state index < -0.39 is 0 Å². The highest BCUT2D eigenvalue weighted by Crippen LogP contribution is 2.27. The fourth-order valence-corrected chi connectivity index (χ4v) is 4.25. The third-order valence-corrected chi connectivity index (χ3v) is 6.22. The smallest absolute Gasteiger partial charge is 0.199 e.